The fraction of sp³-hybridized carbons (Fsp3) is 0.667. The molecule has 2 saturated heterocycles. The molecule has 1 aromatic carbocycles. The van der Waals surface area contributed by atoms with Crippen LogP contribution in [0.5, 0.6) is 0 Å². The van der Waals surface area contributed by atoms with Crippen molar-refractivity contribution in [2.75, 3.05) is 50.7 Å². The quantitative estimate of drug-likeness (QED) is 0.719. The van der Waals surface area contributed by atoms with Crippen molar-refractivity contribution in [3.05, 3.63) is 30.1 Å². The molecule has 0 aliphatic carbocycles. The summed E-state index contributed by atoms with van der Waals surface area (Å²) in [4.78, 5) is 16.7. The van der Waals surface area contributed by atoms with E-state index in [4.69, 9.17) is 0 Å². The smallest absolute Gasteiger partial charge is 0.314 e. The van der Waals surface area contributed by atoms with Gasteiger partial charge in [-0.2, -0.15) is 0 Å². The number of nitrogens with zero attached hydrogens (tertiary/aromatic N) is 2. The molecule has 27 heavy (non-hydrogen) atoms. The van der Waals surface area contributed by atoms with Crippen LogP contribution in [0.4, 0.5) is 14.9 Å². The van der Waals surface area contributed by atoms with Crippen LogP contribution >= 0.6 is 0 Å². The highest BCUT2D eigenvalue weighted by atomic mass is 19.1. The summed E-state index contributed by atoms with van der Waals surface area (Å²) in [6.07, 6.45) is 4.64. The highest BCUT2D eigenvalue weighted by molar-refractivity contribution is 5.73. The van der Waals surface area contributed by atoms with Gasteiger partial charge >= 0.3 is 6.03 Å². The second kappa shape index (κ2) is 9.93. The van der Waals surface area contributed by atoms with Gasteiger partial charge in [0.2, 0.25) is 0 Å². The molecule has 2 heterocycles. The predicted octanol–water partition coefficient (Wildman–Crippen LogP) is 3.07. The lowest BCUT2D eigenvalue weighted by Crippen LogP contribution is -2.40. The summed E-state index contributed by atoms with van der Waals surface area (Å²) in [5.41, 5.74) is 1.05. The number of hydrogen-bond donors (Lipinski definition) is 2. The highest BCUT2D eigenvalue weighted by Crippen LogP contribution is 2.23. The van der Waals surface area contributed by atoms with Crippen molar-refractivity contribution in [1.82, 2.24) is 15.5 Å². The number of likely N-dealkylation sites (tertiary alicyclic amines) is 1. The van der Waals surface area contributed by atoms with Gasteiger partial charge in [0.1, 0.15) is 5.82 Å². The first-order valence-electron chi connectivity index (χ1n) is 10.3. The first kappa shape index (κ1) is 19.9. The molecule has 0 saturated carbocycles. The normalized spacial score (nSPS) is 21.4. The second-order valence-corrected chi connectivity index (χ2v) is 8.09. The minimum Gasteiger partial charge on any atom is -0.371 e. The van der Waals surface area contributed by atoms with Gasteiger partial charge in [0.25, 0.3) is 0 Å². The molecule has 2 fully saturated rings. The monoisotopic (exact) mass is 376 g/mol. The van der Waals surface area contributed by atoms with Gasteiger partial charge in [-0.3, -0.25) is 0 Å². The Morgan fingerprint density at radius 3 is 2.59 bits per heavy atom. The Kier molecular flexibility index (Phi) is 7.33. The number of piperidine rings is 1. The van der Waals surface area contributed by atoms with Crippen molar-refractivity contribution < 1.29 is 9.18 Å². The largest absolute Gasteiger partial charge is 0.371 e. The molecule has 2 N–H and O–H groups in total. The fourth-order valence-corrected chi connectivity index (χ4v) is 3.98. The van der Waals surface area contributed by atoms with Crippen LogP contribution in [-0.4, -0.2) is 56.7 Å². The zero-order chi connectivity index (χ0) is 19.1. The van der Waals surface area contributed by atoms with Gasteiger partial charge in [-0.1, -0.05) is 6.92 Å². The molecule has 2 amide bonds. The summed E-state index contributed by atoms with van der Waals surface area (Å²) in [6.45, 7) is 9.05. The Hall–Kier alpha value is -1.82. The molecule has 0 radical (unpaired) electrons. The predicted molar refractivity (Wildman–Crippen MR) is 108 cm³/mol. The van der Waals surface area contributed by atoms with E-state index in [0.29, 0.717) is 12.5 Å². The van der Waals surface area contributed by atoms with Crippen molar-refractivity contribution in [2.24, 2.45) is 11.8 Å². The number of carbonyl (C=O) groups is 1. The Morgan fingerprint density at radius 2 is 1.85 bits per heavy atom. The molecule has 2 aliphatic heterocycles. The number of carbonyl (C=O) groups excluding carboxylic acids is 1. The summed E-state index contributed by atoms with van der Waals surface area (Å²) in [5, 5.41) is 5.97. The number of nitrogens with one attached hydrogen (secondary N) is 2. The van der Waals surface area contributed by atoms with E-state index < -0.39 is 0 Å². The maximum absolute atomic E-state index is 13.0. The van der Waals surface area contributed by atoms with Crippen molar-refractivity contribution in [3.8, 4) is 0 Å². The zero-order valence-electron chi connectivity index (χ0n) is 16.4. The molecule has 0 bridgehead atoms. The average molecular weight is 377 g/mol. The summed E-state index contributed by atoms with van der Waals surface area (Å²) in [6, 6.07) is 6.57. The molecule has 6 heteroatoms. The number of anilines is 1. The minimum atomic E-state index is -0.206. The van der Waals surface area contributed by atoms with Crippen LogP contribution in [0.25, 0.3) is 0 Å². The average Bonchev–Trinajstić information content (AvgIpc) is 3.14. The third-order valence-corrected chi connectivity index (χ3v) is 5.84. The SMILES string of the molecule is CC1CCN(CCCNC(=O)NC[C@@H]2CCN(c3ccc(F)cc3)C2)CC1. The lowest BCUT2D eigenvalue weighted by Gasteiger charge is -2.30. The van der Waals surface area contributed by atoms with Crippen molar-refractivity contribution in [1.29, 1.82) is 0 Å². The topological polar surface area (TPSA) is 47.6 Å². The number of rotatable bonds is 7. The van der Waals surface area contributed by atoms with Crippen molar-refractivity contribution in [2.45, 2.75) is 32.6 Å². The van der Waals surface area contributed by atoms with Gasteiger partial charge in [0.15, 0.2) is 0 Å². The summed E-state index contributed by atoms with van der Waals surface area (Å²) in [5.74, 6) is 1.10. The van der Waals surface area contributed by atoms with E-state index >= 15 is 0 Å². The van der Waals surface area contributed by atoms with Crippen LogP contribution in [0.1, 0.15) is 32.6 Å². The zero-order valence-corrected chi connectivity index (χ0v) is 16.4. The van der Waals surface area contributed by atoms with E-state index in [-0.39, 0.29) is 11.8 Å². The number of amides is 2. The van der Waals surface area contributed by atoms with E-state index in [1.807, 2.05) is 12.1 Å². The number of urea groups is 1. The van der Waals surface area contributed by atoms with E-state index in [0.717, 1.165) is 50.6 Å². The number of benzene rings is 1. The van der Waals surface area contributed by atoms with Crippen LogP contribution in [0.3, 0.4) is 0 Å². The summed E-state index contributed by atoms with van der Waals surface area (Å²) < 4.78 is 13.0. The first-order valence-corrected chi connectivity index (χ1v) is 10.3. The Bertz CT molecular complexity index is 586. The van der Waals surface area contributed by atoms with Crippen LogP contribution in [0.15, 0.2) is 24.3 Å². The maximum Gasteiger partial charge on any atom is 0.314 e. The Balaban J connectivity index is 1.26. The third-order valence-electron chi connectivity index (χ3n) is 5.84. The Morgan fingerprint density at radius 1 is 1.11 bits per heavy atom. The first-order chi connectivity index (χ1) is 13.1. The van der Waals surface area contributed by atoms with Gasteiger partial charge in [-0.05, 0) is 81.4 Å². The molecule has 0 spiro atoms. The fourth-order valence-electron chi connectivity index (χ4n) is 3.98. The lowest BCUT2D eigenvalue weighted by molar-refractivity contribution is 0.190. The lowest BCUT2D eigenvalue weighted by atomic mass is 9.99. The molecule has 5 nitrogen and oxygen atoms in total. The molecular formula is C21H33FN4O. The molecule has 2 aliphatic rings. The van der Waals surface area contributed by atoms with Crippen molar-refractivity contribution >= 4 is 11.7 Å². The van der Waals surface area contributed by atoms with E-state index in [9.17, 15) is 9.18 Å². The van der Waals surface area contributed by atoms with Gasteiger partial charge in [-0.15, -0.1) is 0 Å². The summed E-state index contributed by atoms with van der Waals surface area (Å²) in [7, 11) is 0. The van der Waals surface area contributed by atoms with E-state index in [2.05, 4.69) is 27.4 Å². The standard InChI is InChI=1S/C21H33FN4O/c1-17-7-12-25(13-8-17)11-2-10-23-21(27)24-15-18-9-14-26(16-18)20-5-3-19(22)4-6-20/h3-6,17-18H,2,7-16H2,1H3,(H2,23,24,27)/t18-/m0/s1. The van der Waals surface area contributed by atoms with Gasteiger partial charge < -0.3 is 20.4 Å². The molecule has 1 aromatic rings. The van der Waals surface area contributed by atoms with Crippen LogP contribution in [0, 0.1) is 17.7 Å². The number of hydrogen-bond acceptors (Lipinski definition) is 3. The minimum absolute atomic E-state index is 0.0671. The molecule has 0 unspecified atom stereocenters. The molecule has 150 valence electrons. The van der Waals surface area contributed by atoms with Crippen molar-refractivity contribution in [3.63, 3.8) is 0 Å². The molecule has 3 rings (SSSR count). The van der Waals surface area contributed by atoms with Crippen LogP contribution < -0.4 is 15.5 Å². The van der Waals surface area contributed by atoms with Gasteiger partial charge in [-0.25, -0.2) is 9.18 Å². The second-order valence-electron chi connectivity index (χ2n) is 8.09. The number of halogens is 1. The van der Waals surface area contributed by atoms with E-state index in [1.54, 1.807) is 0 Å². The van der Waals surface area contributed by atoms with Crippen LogP contribution in [0.2, 0.25) is 0 Å². The molecule has 0 aromatic heterocycles. The highest BCUT2D eigenvalue weighted by Gasteiger charge is 2.23. The van der Waals surface area contributed by atoms with Crippen LogP contribution in [-0.2, 0) is 0 Å². The Labute approximate surface area is 162 Å². The third kappa shape index (κ3) is 6.38. The molecule has 1 atom stereocenters. The van der Waals surface area contributed by atoms with Gasteiger partial charge in [0, 0.05) is 31.9 Å². The van der Waals surface area contributed by atoms with E-state index in [1.165, 1.54) is 38.1 Å². The maximum atomic E-state index is 13.0. The summed E-state index contributed by atoms with van der Waals surface area (Å²) >= 11 is 0. The van der Waals surface area contributed by atoms with Gasteiger partial charge in [0.05, 0.1) is 0 Å². The molecular weight excluding hydrogens is 343 g/mol.